The van der Waals surface area contributed by atoms with E-state index in [1.54, 1.807) is 0 Å². The highest BCUT2D eigenvalue weighted by molar-refractivity contribution is 6.29. The molecule has 0 radical (unpaired) electrons. The molecule has 2 aromatic heterocycles. The van der Waals surface area contributed by atoms with E-state index >= 15 is 0 Å². The third-order valence-corrected chi connectivity index (χ3v) is 11.0. The molecule has 11 aromatic rings. The van der Waals surface area contributed by atoms with Gasteiger partial charge in [-0.1, -0.05) is 164 Å². The van der Waals surface area contributed by atoms with E-state index < -0.39 is 0 Å². The van der Waals surface area contributed by atoms with Crippen LogP contribution in [0.2, 0.25) is 0 Å². The van der Waals surface area contributed by atoms with Crippen LogP contribution in [0.5, 0.6) is 0 Å². The van der Waals surface area contributed by atoms with Gasteiger partial charge in [-0.2, -0.15) is 0 Å². The van der Waals surface area contributed by atoms with E-state index in [0.29, 0.717) is 5.82 Å². The van der Waals surface area contributed by atoms with Crippen molar-refractivity contribution in [3.05, 3.63) is 200 Å². The third-order valence-electron chi connectivity index (χ3n) is 11.0. The lowest BCUT2D eigenvalue weighted by Gasteiger charge is -2.16. The summed E-state index contributed by atoms with van der Waals surface area (Å²) in [5, 5.41) is 9.81. The summed E-state index contributed by atoms with van der Waals surface area (Å²) < 4.78 is 2.40. The molecule has 0 N–H and O–H groups in total. The number of aromatic nitrogens is 3. The number of rotatable bonds is 5. The monoisotopic (exact) mass is 699 g/mol. The van der Waals surface area contributed by atoms with Crippen molar-refractivity contribution in [2.24, 2.45) is 0 Å². The van der Waals surface area contributed by atoms with Gasteiger partial charge in [-0.05, 0) is 79.8 Å². The van der Waals surface area contributed by atoms with Gasteiger partial charge < -0.3 is 4.57 Å². The normalized spacial score (nSPS) is 11.6. The van der Waals surface area contributed by atoms with Crippen molar-refractivity contribution in [1.82, 2.24) is 14.5 Å². The number of hydrogen-bond acceptors (Lipinski definition) is 2. The van der Waals surface area contributed by atoms with Gasteiger partial charge in [-0.15, -0.1) is 0 Å². The molecule has 0 amide bonds. The van der Waals surface area contributed by atoms with E-state index in [0.717, 1.165) is 33.8 Å². The highest BCUT2D eigenvalue weighted by Gasteiger charge is 2.18. The molecule has 0 aliphatic heterocycles. The second-order valence-corrected chi connectivity index (χ2v) is 14.1. The molecule has 9 aromatic carbocycles. The minimum atomic E-state index is 0.703. The summed E-state index contributed by atoms with van der Waals surface area (Å²) in [6.07, 6.45) is 0. The first-order valence-corrected chi connectivity index (χ1v) is 18.7. The van der Waals surface area contributed by atoms with Crippen LogP contribution in [0.1, 0.15) is 0 Å². The molecule has 3 heteroatoms. The van der Waals surface area contributed by atoms with Crippen molar-refractivity contribution in [3.8, 4) is 50.7 Å². The smallest absolute Gasteiger partial charge is 0.160 e. The van der Waals surface area contributed by atoms with Crippen molar-refractivity contribution >= 4 is 54.1 Å². The summed E-state index contributed by atoms with van der Waals surface area (Å²) in [5.41, 5.74) is 10.8. The number of para-hydroxylation sites is 2. The van der Waals surface area contributed by atoms with Crippen LogP contribution in [0.25, 0.3) is 105 Å². The molecule has 0 unspecified atom stereocenters. The molecular weight excluding hydrogens is 667 g/mol. The molecular formula is C52H33N3. The Bertz CT molecular complexity index is 3180. The van der Waals surface area contributed by atoms with Crippen LogP contribution in [0.15, 0.2) is 200 Å². The first-order valence-electron chi connectivity index (χ1n) is 18.7. The molecule has 0 spiro atoms. The van der Waals surface area contributed by atoms with Crippen LogP contribution in [0, 0.1) is 0 Å². The lowest BCUT2D eigenvalue weighted by molar-refractivity contribution is 1.18. The average molecular weight is 700 g/mol. The summed E-state index contributed by atoms with van der Waals surface area (Å²) in [5.74, 6) is 0.703. The molecule has 11 rings (SSSR count). The zero-order valence-electron chi connectivity index (χ0n) is 29.9. The maximum atomic E-state index is 5.21. The topological polar surface area (TPSA) is 30.7 Å². The average Bonchev–Trinajstić information content (AvgIpc) is 3.60. The van der Waals surface area contributed by atoms with Gasteiger partial charge in [0.2, 0.25) is 0 Å². The fourth-order valence-corrected chi connectivity index (χ4v) is 8.47. The molecule has 2 heterocycles. The fraction of sp³-hybridized carbons (Fsp3) is 0. The standard InChI is InChI=1S/C52H33N3/c1-4-15-34(16-5-1)47-33-48(35-17-6-2-7-18-35)54-52(53-47)37-28-29-42-40-21-10-11-22-41(40)45-25-14-24-39(51(45)46(42)31-37)36-27-30-44-43-23-12-13-26-49(43)55(50(44)32-36)38-19-8-3-9-20-38/h1-33H. The van der Waals surface area contributed by atoms with E-state index in [1.165, 1.54) is 65.3 Å². The Labute approximate surface area is 318 Å². The molecule has 256 valence electrons. The van der Waals surface area contributed by atoms with Gasteiger partial charge >= 0.3 is 0 Å². The third kappa shape index (κ3) is 5.13. The maximum absolute atomic E-state index is 5.21. The van der Waals surface area contributed by atoms with E-state index in [-0.39, 0.29) is 0 Å². The fourth-order valence-electron chi connectivity index (χ4n) is 8.47. The van der Waals surface area contributed by atoms with E-state index in [4.69, 9.17) is 9.97 Å². The van der Waals surface area contributed by atoms with Crippen molar-refractivity contribution < 1.29 is 0 Å². The molecule has 0 atom stereocenters. The molecule has 0 saturated heterocycles. The van der Waals surface area contributed by atoms with Gasteiger partial charge in [0.05, 0.1) is 22.4 Å². The summed E-state index contributed by atoms with van der Waals surface area (Å²) >= 11 is 0. The van der Waals surface area contributed by atoms with Crippen LogP contribution >= 0.6 is 0 Å². The second-order valence-electron chi connectivity index (χ2n) is 14.1. The van der Waals surface area contributed by atoms with Crippen molar-refractivity contribution in [2.75, 3.05) is 0 Å². The van der Waals surface area contributed by atoms with Crippen LogP contribution in [0.4, 0.5) is 0 Å². The minimum Gasteiger partial charge on any atom is -0.309 e. The number of fused-ring (bicyclic) bond motifs is 9. The molecule has 0 bridgehead atoms. The summed E-state index contributed by atoms with van der Waals surface area (Å²) in [6.45, 7) is 0. The van der Waals surface area contributed by atoms with Crippen LogP contribution in [-0.2, 0) is 0 Å². The van der Waals surface area contributed by atoms with Crippen molar-refractivity contribution in [1.29, 1.82) is 0 Å². The zero-order chi connectivity index (χ0) is 36.3. The summed E-state index contributed by atoms with van der Waals surface area (Å²) in [4.78, 5) is 10.4. The van der Waals surface area contributed by atoms with Crippen LogP contribution in [0.3, 0.4) is 0 Å². The van der Waals surface area contributed by atoms with Crippen LogP contribution in [-0.4, -0.2) is 14.5 Å². The lowest BCUT2D eigenvalue weighted by Crippen LogP contribution is -1.96. The highest BCUT2D eigenvalue weighted by atomic mass is 15.0. The molecule has 55 heavy (non-hydrogen) atoms. The quantitative estimate of drug-likeness (QED) is 0.167. The maximum Gasteiger partial charge on any atom is 0.160 e. The molecule has 0 fully saturated rings. The Morgan fingerprint density at radius 2 is 0.836 bits per heavy atom. The van der Waals surface area contributed by atoms with E-state index in [9.17, 15) is 0 Å². The Morgan fingerprint density at radius 1 is 0.309 bits per heavy atom. The molecule has 0 saturated carbocycles. The molecule has 0 aliphatic rings. The van der Waals surface area contributed by atoms with Crippen molar-refractivity contribution in [3.63, 3.8) is 0 Å². The SMILES string of the molecule is c1ccc(-c2cc(-c3ccccc3)nc(-c3ccc4c5ccccc5c5cccc(-c6ccc7c8ccccc8n(-c8ccccc8)c7c6)c5c4c3)n2)cc1. The Balaban J connectivity index is 1.19. The predicted octanol–water partition coefficient (Wildman–Crippen LogP) is 13.7. The van der Waals surface area contributed by atoms with Gasteiger partial charge in [0.15, 0.2) is 5.82 Å². The molecule has 3 nitrogen and oxygen atoms in total. The number of hydrogen-bond donors (Lipinski definition) is 0. The number of nitrogens with zero attached hydrogens (tertiary/aromatic N) is 3. The summed E-state index contributed by atoms with van der Waals surface area (Å²) in [7, 11) is 0. The molecule has 0 aliphatic carbocycles. The van der Waals surface area contributed by atoms with Crippen molar-refractivity contribution in [2.45, 2.75) is 0 Å². The van der Waals surface area contributed by atoms with Gasteiger partial charge in [-0.3, -0.25) is 0 Å². The number of benzene rings is 9. The van der Waals surface area contributed by atoms with Gasteiger partial charge in [0.25, 0.3) is 0 Å². The zero-order valence-corrected chi connectivity index (χ0v) is 29.9. The Kier molecular flexibility index (Phi) is 7.17. The lowest BCUT2D eigenvalue weighted by atomic mass is 9.88. The predicted molar refractivity (Wildman–Crippen MR) is 231 cm³/mol. The Morgan fingerprint density at radius 3 is 1.55 bits per heavy atom. The van der Waals surface area contributed by atoms with Gasteiger partial charge in [0.1, 0.15) is 0 Å². The first kappa shape index (κ1) is 31.2. The first-order chi connectivity index (χ1) is 27.3. The highest BCUT2D eigenvalue weighted by Crippen LogP contribution is 2.43. The minimum absolute atomic E-state index is 0.703. The van der Waals surface area contributed by atoms with Crippen LogP contribution < -0.4 is 0 Å². The Hall–Kier alpha value is -7.36. The second kappa shape index (κ2) is 12.6. The van der Waals surface area contributed by atoms with E-state index in [1.807, 2.05) is 12.1 Å². The summed E-state index contributed by atoms with van der Waals surface area (Å²) in [6, 6.07) is 71.5. The van der Waals surface area contributed by atoms with Gasteiger partial charge in [0, 0.05) is 33.2 Å². The largest absolute Gasteiger partial charge is 0.309 e. The van der Waals surface area contributed by atoms with Gasteiger partial charge in [-0.25, -0.2) is 9.97 Å². The van der Waals surface area contributed by atoms with E-state index in [2.05, 4.69) is 193 Å².